The molecule has 0 fully saturated rings. The minimum absolute atomic E-state index is 0.335. The SMILES string of the molecule is C=C.CC.CC(=O)O.CCOc1ccc(C#N)cc1.Cc1ccc(C#N)c(C(F)(F)F)c1. The standard InChI is InChI=1S/C9H6F3N.C9H9NO.C2H4O2.C2H6.C2H4/c1-6-2-3-7(5-13)8(4-6)9(10,11)12;1-2-11-9-5-3-8(7-10)4-6-9;1-2(3)4;2*1-2/h2-4H,1H3;3-6H,2H2,1H3;1H3,(H,3,4);1-2H3;1-2H2. The zero-order chi connectivity index (χ0) is 25.7. The molecule has 0 saturated carbocycles. The number of hydrogen-bond acceptors (Lipinski definition) is 4. The highest BCUT2D eigenvalue weighted by atomic mass is 19.4. The molecule has 2 aromatic rings. The first kappa shape index (κ1) is 32.9. The van der Waals surface area contributed by atoms with Gasteiger partial charge in [-0.3, -0.25) is 4.79 Å². The van der Waals surface area contributed by atoms with Crippen molar-refractivity contribution in [3.63, 3.8) is 0 Å². The van der Waals surface area contributed by atoms with Gasteiger partial charge in [0, 0.05) is 6.92 Å². The number of carbonyl (C=O) groups is 1. The van der Waals surface area contributed by atoms with Gasteiger partial charge in [-0.2, -0.15) is 23.7 Å². The summed E-state index contributed by atoms with van der Waals surface area (Å²) < 4.78 is 42.0. The number of aryl methyl sites for hydroxylation is 1. The van der Waals surface area contributed by atoms with Crippen LogP contribution in [0.25, 0.3) is 0 Å². The first-order valence-corrected chi connectivity index (χ1v) is 9.45. The Hall–Kier alpha value is -3.78. The van der Waals surface area contributed by atoms with Crippen LogP contribution < -0.4 is 4.74 Å². The van der Waals surface area contributed by atoms with Crippen molar-refractivity contribution in [1.29, 1.82) is 10.5 Å². The molecule has 0 atom stereocenters. The Kier molecular flexibility index (Phi) is 19.7. The molecule has 0 amide bonds. The van der Waals surface area contributed by atoms with E-state index in [0.29, 0.717) is 17.7 Å². The number of nitrogens with zero attached hydrogens (tertiary/aromatic N) is 2. The smallest absolute Gasteiger partial charge is 0.417 e. The van der Waals surface area contributed by atoms with Crippen molar-refractivity contribution in [2.45, 2.75) is 40.8 Å². The van der Waals surface area contributed by atoms with Crippen LogP contribution in [-0.2, 0) is 11.0 Å². The lowest BCUT2D eigenvalue weighted by atomic mass is 10.1. The number of carboxylic acid groups (broad SMARTS) is 1. The van der Waals surface area contributed by atoms with E-state index in [0.717, 1.165) is 18.7 Å². The van der Waals surface area contributed by atoms with E-state index in [-0.39, 0.29) is 5.56 Å². The molecule has 0 spiro atoms. The van der Waals surface area contributed by atoms with Crippen LogP contribution in [-0.4, -0.2) is 17.7 Å². The Morgan fingerprint density at radius 2 is 1.53 bits per heavy atom. The van der Waals surface area contributed by atoms with Crippen LogP contribution in [0.4, 0.5) is 13.2 Å². The molecule has 0 saturated heterocycles. The summed E-state index contributed by atoms with van der Waals surface area (Å²) in [6, 6.07) is 14.2. The van der Waals surface area contributed by atoms with Gasteiger partial charge in [-0.05, 0) is 50.2 Å². The molecule has 1 N–H and O–H groups in total. The first-order chi connectivity index (χ1) is 15.0. The van der Waals surface area contributed by atoms with Gasteiger partial charge in [-0.1, -0.05) is 25.5 Å². The third kappa shape index (κ3) is 16.1. The summed E-state index contributed by atoms with van der Waals surface area (Å²) in [6.07, 6.45) is -4.45. The van der Waals surface area contributed by atoms with Crippen molar-refractivity contribution in [2.24, 2.45) is 0 Å². The van der Waals surface area contributed by atoms with Crippen LogP contribution in [0.15, 0.2) is 55.6 Å². The molecule has 0 heterocycles. The molecular weight excluding hydrogens is 421 g/mol. The highest BCUT2D eigenvalue weighted by Gasteiger charge is 2.33. The Bertz CT molecular complexity index is 862. The maximum Gasteiger partial charge on any atom is 0.417 e. The Labute approximate surface area is 188 Å². The molecule has 32 heavy (non-hydrogen) atoms. The number of benzene rings is 2. The Balaban J connectivity index is -0.000000401. The zero-order valence-corrected chi connectivity index (χ0v) is 19.0. The van der Waals surface area contributed by atoms with Gasteiger partial charge in [0.05, 0.1) is 35.4 Å². The third-order valence-corrected chi connectivity index (χ3v) is 2.90. The van der Waals surface area contributed by atoms with Crippen molar-refractivity contribution >= 4 is 5.97 Å². The fraction of sp³-hybridized carbons (Fsp3) is 0.292. The highest BCUT2D eigenvalue weighted by molar-refractivity contribution is 5.62. The average Bonchev–Trinajstić information content (AvgIpc) is 2.77. The zero-order valence-electron chi connectivity index (χ0n) is 19.0. The second-order valence-electron chi connectivity index (χ2n) is 5.25. The second-order valence-corrected chi connectivity index (χ2v) is 5.25. The topological polar surface area (TPSA) is 94.1 Å². The van der Waals surface area contributed by atoms with Crippen molar-refractivity contribution in [3.05, 3.63) is 77.9 Å². The predicted molar refractivity (Wildman–Crippen MR) is 119 cm³/mol. The second kappa shape index (κ2) is 19.2. The Morgan fingerprint density at radius 1 is 1.06 bits per heavy atom. The number of ether oxygens (including phenoxy) is 1. The average molecular weight is 451 g/mol. The van der Waals surface area contributed by atoms with Gasteiger partial charge in [0.25, 0.3) is 5.97 Å². The number of alkyl halides is 3. The largest absolute Gasteiger partial charge is 0.494 e. The van der Waals surface area contributed by atoms with E-state index in [1.54, 1.807) is 31.2 Å². The third-order valence-electron chi connectivity index (χ3n) is 2.90. The van der Waals surface area contributed by atoms with E-state index in [4.69, 9.17) is 25.2 Å². The minimum Gasteiger partial charge on any atom is -0.494 e. The maximum absolute atomic E-state index is 12.3. The molecule has 0 aromatic heterocycles. The van der Waals surface area contributed by atoms with Gasteiger partial charge >= 0.3 is 6.18 Å². The minimum atomic E-state index is -4.45. The normalized spacial score (nSPS) is 8.56. The number of rotatable bonds is 2. The van der Waals surface area contributed by atoms with Gasteiger partial charge in [0.1, 0.15) is 5.75 Å². The summed E-state index contributed by atoms with van der Waals surface area (Å²) in [5, 5.41) is 24.3. The summed E-state index contributed by atoms with van der Waals surface area (Å²) in [7, 11) is 0. The van der Waals surface area contributed by atoms with E-state index in [2.05, 4.69) is 13.2 Å². The quantitative estimate of drug-likeness (QED) is 0.510. The number of hydrogen-bond donors (Lipinski definition) is 1. The highest BCUT2D eigenvalue weighted by Crippen LogP contribution is 2.32. The molecule has 0 bridgehead atoms. The first-order valence-electron chi connectivity index (χ1n) is 9.45. The van der Waals surface area contributed by atoms with Gasteiger partial charge in [-0.25, -0.2) is 0 Å². The number of aliphatic carboxylic acids is 1. The lowest BCUT2D eigenvalue weighted by Gasteiger charge is -2.08. The summed E-state index contributed by atoms with van der Waals surface area (Å²) >= 11 is 0. The molecule has 0 aliphatic rings. The van der Waals surface area contributed by atoms with Crippen LogP contribution in [0, 0.1) is 29.6 Å². The van der Waals surface area contributed by atoms with Crippen molar-refractivity contribution in [3.8, 4) is 17.9 Å². The molecular formula is C24H29F3N2O3. The van der Waals surface area contributed by atoms with Crippen molar-refractivity contribution in [1.82, 2.24) is 0 Å². The van der Waals surface area contributed by atoms with Crippen LogP contribution in [0.3, 0.4) is 0 Å². The summed E-state index contributed by atoms with van der Waals surface area (Å²) in [5.74, 6) is -0.0218. The molecule has 2 aromatic carbocycles. The fourth-order valence-electron chi connectivity index (χ4n) is 1.78. The van der Waals surface area contributed by atoms with E-state index in [9.17, 15) is 13.2 Å². The molecule has 0 radical (unpaired) electrons. The summed E-state index contributed by atoms with van der Waals surface area (Å²) in [4.78, 5) is 9.00. The van der Waals surface area contributed by atoms with E-state index >= 15 is 0 Å². The molecule has 0 aliphatic heterocycles. The van der Waals surface area contributed by atoms with Crippen LogP contribution in [0.1, 0.15) is 49.9 Å². The monoisotopic (exact) mass is 450 g/mol. The lowest BCUT2D eigenvalue weighted by Crippen LogP contribution is -2.07. The van der Waals surface area contributed by atoms with Gasteiger partial charge < -0.3 is 9.84 Å². The molecule has 0 unspecified atom stereocenters. The number of carboxylic acids is 1. The number of nitriles is 2. The molecule has 8 heteroatoms. The lowest BCUT2D eigenvalue weighted by molar-refractivity contribution is -0.138. The van der Waals surface area contributed by atoms with Crippen molar-refractivity contribution in [2.75, 3.05) is 6.61 Å². The molecule has 174 valence electrons. The van der Waals surface area contributed by atoms with E-state index < -0.39 is 17.7 Å². The van der Waals surface area contributed by atoms with Crippen molar-refractivity contribution < 1.29 is 27.8 Å². The van der Waals surface area contributed by atoms with Crippen LogP contribution in [0.2, 0.25) is 0 Å². The van der Waals surface area contributed by atoms with Crippen LogP contribution in [0.5, 0.6) is 5.75 Å². The maximum atomic E-state index is 12.3. The molecule has 0 aliphatic carbocycles. The van der Waals surface area contributed by atoms with Gasteiger partial charge in [-0.15, -0.1) is 13.2 Å². The Morgan fingerprint density at radius 3 is 1.88 bits per heavy atom. The molecule has 2 rings (SSSR count). The van der Waals surface area contributed by atoms with Gasteiger partial charge in [0.2, 0.25) is 0 Å². The van der Waals surface area contributed by atoms with Gasteiger partial charge in [0.15, 0.2) is 0 Å². The van der Waals surface area contributed by atoms with Crippen LogP contribution >= 0.6 is 0 Å². The van der Waals surface area contributed by atoms with E-state index in [1.807, 2.05) is 26.8 Å². The molecule has 5 nitrogen and oxygen atoms in total. The van der Waals surface area contributed by atoms with E-state index in [1.165, 1.54) is 18.2 Å². The number of halogens is 3. The summed E-state index contributed by atoms with van der Waals surface area (Å²) in [5.41, 5.74) is -0.0483. The fourth-order valence-corrected chi connectivity index (χ4v) is 1.78. The summed E-state index contributed by atoms with van der Waals surface area (Å²) in [6.45, 7) is 15.2. The predicted octanol–water partition coefficient (Wildman–Crippen LogP) is 6.76.